The monoisotopic (exact) mass is 442 g/mol. The summed E-state index contributed by atoms with van der Waals surface area (Å²) in [5.41, 5.74) is 0.525. The van der Waals surface area contributed by atoms with E-state index in [1.54, 1.807) is 0 Å². The van der Waals surface area contributed by atoms with Crippen molar-refractivity contribution < 1.29 is 28.8 Å². The number of methoxy groups -OCH3 is 1. The molecule has 0 heterocycles. The van der Waals surface area contributed by atoms with E-state index in [4.69, 9.17) is 9.47 Å². The first kappa shape index (κ1) is 24.5. The molecule has 2 aromatic rings. The molecule has 0 bridgehead atoms. The number of hydrogen-bond donors (Lipinski definition) is 0. The van der Waals surface area contributed by atoms with Crippen LogP contribution in [-0.4, -0.2) is 48.2 Å². The van der Waals surface area contributed by atoms with E-state index >= 15 is 0 Å². The molecule has 0 unspecified atom stereocenters. The highest BCUT2D eigenvalue weighted by molar-refractivity contribution is 5.83. The number of benzene rings is 2. The first-order valence-corrected chi connectivity index (χ1v) is 10.2. The van der Waals surface area contributed by atoms with Crippen LogP contribution in [0.5, 0.6) is 5.75 Å². The molecule has 9 nitrogen and oxygen atoms in total. The number of para-hydroxylation sites is 1. The quantitative estimate of drug-likeness (QED) is 0.153. The van der Waals surface area contributed by atoms with Gasteiger partial charge in [0.25, 0.3) is 0 Å². The fourth-order valence-electron chi connectivity index (χ4n) is 3.10. The number of rotatable bonds is 13. The van der Waals surface area contributed by atoms with Gasteiger partial charge < -0.3 is 14.4 Å². The van der Waals surface area contributed by atoms with Gasteiger partial charge in [-0.15, -0.1) is 0 Å². The van der Waals surface area contributed by atoms with E-state index in [1.807, 2.05) is 30.3 Å². The average molecular weight is 442 g/mol. The Balaban J connectivity index is 1.81. The Hall–Kier alpha value is -3.75. The van der Waals surface area contributed by atoms with Crippen molar-refractivity contribution >= 4 is 23.9 Å². The maximum atomic E-state index is 12.6. The van der Waals surface area contributed by atoms with Crippen LogP contribution in [0.25, 0.3) is 0 Å². The molecule has 0 radical (unpaired) electrons. The molecule has 2 rings (SSSR count). The predicted molar refractivity (Wildman–Crippen MR) is 116 cm³/mol. The topological polar surface area (TPSA) is 116 Å². The molecule has 0 N–H and O–H groups in total. The number of unbranched alkanes of at least 4 members (excludes halogenated alkanes) is 2. The van der Waals surface area contributed by atoms with E-state index in [9.17, 15) is 24.5 Å². The molecule has 0 saturated heterocycles. The molecule has 0 aliphatic carbocycles. The highest BCUT2D eigenvalue weighted by Gasteiger charge is 2.20. The number of hydrogen-bond acceptors (Lipinski definition) is 7. The number of nitrogens with zero attached hydrogens (tertiary/aromatic N) is 2. The third-order valence-corrected chi connectivity index (χ3v) is 4.75. The summed E-state index contributed by atoms with van der Waals surface area (Å²) >= 11 is 0. The second-order valence-corrected chi connectivity index (χ2v) is 7.04. The maximum Gasteiger partial charge on any atom is 0.325 e. The van der Waals surface area contributed by atoms with Crippen molar-refractivity contribution in [3.05, 3.63) is 69.8 Å². The molecular weight excluding hydrogens is 416 g/mol. The van der Waals surface area contributed by atoms with Gasteiger partial charge in [-0.05, 0) is 37.0 Å². The zero-order valence-electron chi connectivity index (χ0n) is 17.9. The van der Waals surface area contributed by atoms with Gasteiger partial charge in [0.1, 0.15) is 6.54 Å². The Morgan fingerprint density at radius 3 is 2.47 bits per heavy atom. The van der Waals surface area contributed by atoms with Gasteiger partial charge in [-0.3, -0.25) is 24.5 Å². The first-order chi connectivity index (χ1) is 15.5. The van der Waals surface area contributed by atoms with Crippen LogP contribution in [-0.2, 0) is 20.9 Å². The number of amides is 1. The second-order valence-electron chi connectivity index (χ2n) is 7.04. The van der Waals surface area contributed by atoms with Crippen molar-refractivity contribution in [2.24, 2.45) is 0 Å². The van der Waals surface area contributed by atoms with Crippen LogP contribution in [0.3, 0.4) is 0 Å². The molecule has 1 amide bonds. The lowest BCUT2D eigenvalue weighted by molar-refractivity contribution is -0.386. The molecule has 9 heteroatoms. The maximum absolute atomic E-state index is 12.6. The SMILES string of the molecule is COC(=O)CN(Cc1ccccc1)C(=O)CCCCCOc1cccc(C=O)c1[N+](=O)[O-]. The molecule has 0 fully saturated rings. The van der Waals surface area contributed by atoms with Crippen molar-refractivity contribution in [3.8, 4) is 5.75 Å². The summed E-state index contributed by atoms with van der Waals surface area (Å²) in [7, 11) is 1.28. The summed E-state index contributed by atoms with van der Waals surface area (Å²) in [5.74, 6) is -0.598. The Bertz CT molecular complexity index is 931. The van der Waals surface area contributed by atoms with Gasteiger partial charge in [0.2, 0.25) is 5.91 Å². The fraction of sp³-hybridized carbons (Fsp3) is 0.348. The van der Waals surface area contributed by atoms with Gasteiger partial charge in [-0.25, -0.2) is 0 Å². The van der Waals surface area contributed by atoms with Crippen molar-refractivity contribution in [1.29, 1.82) is 0 Å². The van der Waals surface area contributed by atoms with E-state index in [0.717, 1.165) is 5.56 Å². The molecule has 0 aromatic heterocycles. The van der Waals surface area contributed by atoms with Crippen LogP contribution in [0.15, 0.2) is 48.5 Å². The minimum Gasteiger partial charge on any atom is -0.487 e. The number of esters is 1. The Morgan fingerprint density at radius 1 is 1.06 bits per heavy atom. The molecule has 0 aliphatic rings. The van der Waals surface area contributed by atoms with Crippen LogP contribution >= 0.6 is 0 Å². The second kappa shape index (κ2) is 12.8. The summed E-state index contributed by atoms with van der Waals surface area (Å²) < 4.78 is 10.2. The normalized spacial score (nSPS) is 10.3. The smallest absolute Gasteiger partial charge is 0.325 e. The minimum atomic E-state index is -0.639. The Morgan fingerprint density at radius 2 is 1.81 bits per heavy atom. The van der Waals surface area contributed by atoms with Gasteiger partial charge in [0.15, 0.2) is 12.0 Å². The highest BCUT2D eigenvalue weighted by atomic mass is 16.6. The molecule has 0 aliphatic heterocycles. The lowest BCUT2D eigenvalue weighted by Crippen LogP contribution is -2.35. The van der Waals surface area contributed by atoms with Gasteiger partial charge in [0, 0.05) is 13.0 Å². The van der Waals surface area contributed by atoms with Crippen LogP contribution in [0.4, 0.5) is 5.69 Å². The van der Waals surface area contributed by atoms with Gasteiger partial charge in [0.05, 0.1) is 24.2 Å². The van der Waals surface area contributed by atoms with Crippen molar-refractivity contribution in [1.82, 2.24) is 4.90 Å². The van der Waals surface area contributed by atoms with E-state index in [1.165, 1.54) is 30.2 Å². The summed E-state index contributed by atoms with van der Waals surface area (Å²) in [5, 5.41) is 11.2. The summed E-state index contributed by atoms with van der Waals surface area (Å²) in [6.07, 6.45) is 2.48. The zero-order chi connectivity index (χ0) is 23.3. The molecular formula is C23H26N2O7. The fourth-order valence-corrected chi connectivity index (χ4v) is 3.10. The molecule has 0 atom stereocenters. The van der Waals surface area contributed by atoms with E-state index < -0.39 is 10.9 Å². The largest absolute Gasteiger partial charge is 0.487 e. The number of carbonyl (C=O) groups is 3. The Labute approximate surface area is 186 Å². The lowest BCUT2D eigenvalue weighted by atomic mass is 10.1. The van der Waals surface area contributed by atoms with Crippen molar-refractivity contribution in [2.45, 2.75) is 32.2 Å². The predicted octanol–water partition coefficient (Wildman–Crippen LogP) is 3.55. The number of nitro benzene ring substituents is 1. The van der Waals surface area contributed by atoms with E-state index in [2.05, 4.69) is 0 Å². The van der Waals surface area contributed by atoms with Crippen molar-refractivity contribution in [3.63, 3.8) is 0 Å². The van der Waals surface area contributed by atoms with Gasteiger partial charge >= 0.3 is 11.7 Å². The third-order valence-electron chi connectivity index (χ3n) is 4.75. The van der Waals surface area contributed by atoms with E-state index in [0.29, 0.717) is 32.1 Å². The summed E-state index contributed by atoms with van der Waals surface area (Å²) in [6.45, 7) is 0.409. The van der Waals surface area contributed by atoms with Gasteiger partial charge in [-0.2, -0.15) is 0 Å². The summed E-state index contributed by atoms with van der Waals surface area (Å²) in [4.78, 5) is 47.3. The number of ether oxygens (including phenoxy) is 2. The number of aldehydes is 1. The van der Waals surface area contributed by atoms with Crippen LogP contribution in [0, 0.1) is 10.1 Å². The third kappa shape index (κ3) is 7.50. The van der Waals surface area contributed by atoms with Crippen molar-refractivity contribution in [2.75, 3.05) is 20.3 Å². The standard InChI is InChI=1S/C23H26N2O7/c1-31-22(28)16-24(15-18-9-4-2-5-10-18)21(27)13-6-3-7-14-32-20-12-8-11-19(17-26)23(20)25(29)30/h2,4-5,8-12,17H,3,6-7,13-16H2,1H3. The Kier molecular flexibility index (Phi) is 9.83. The molecule has 32 heavy (non-hydrogen) atoms. The number of carbonyl (C=O) groups excluding carboxylic acids is 3. The molecule has 0 spiro atoms. The molecule has 170 valence electrons. The molecule has 0 saturated carbocycles. The van der Waals surface area contributed by atoms with Gasteiger partial charge in [-0.1, -0.05) is 36.4 Å². The summed E-state index contributed by atoms with van der Waals surface area (Å²) in [6, 6.07) is 13.7. The zero-order valence-corrected chi connectivity index (χ0v) is 17.9. The molecule has 2 aromatic carbocycles. The van der Waals surface area contributed by atoms with E-state index in [-0.39, 0.29) is 42.5 Å². The highest BCUT2D eigenvalue weighted by Crippen LogP contribution is 2.29. The minimum absolute atomic E-state index is 0.0396. The van der Waals surface area contributed by atoms with Crippen LogP contribution in [0.2, 0.25) is 0 Å². The first-order valence-electron chi connectivity index (χ1n) is 10.2. The average Bonchev–Trinajstić information content (AvgIpc) is 2.80. The lowest BCUT2D eigenvalue weighted by Gasteiger charge is -2.21. The number of nitro groups is 1. The van der Waals surface area contributed by atoms with Crippen LogP contribution < -0.4 is 4.74 Å². The van der Waals surface area contributed by atoms with Crippen LogP contribution in [0.1, 0.15) is 41.6 Å².